The molecule has 3 N–H and O–H groups in total. The Kier molecular flexibility index (Phi) is 4.83. The molecule has 124 valence electrons. The molecule has 0 spiro atoms. The van der Waals surface area contributed by atoms with Gasteiger partial charge in [0.05, 0.1) is 19.3 Å². The van der Waals surface area contributed by atoms with Crippen LogP contribution in [0.3, 0.4) is 0 Å². The zero-order chi connectivity index (χ0) is 16.1. The largest absolute Gasteiger partial charge is 0.465 e. The summed E-state index contributed by atoms with van der Waals surface area (Å²) in [7, 11) is 0. The average Bonchev–Trinajstić information content (AvgIpc) is 3.21. The summed E-state index contributed by atoms with van der Waals surface area (Å²) in [6.45, 7) is 5.22. The molecule has 3 heterocycles. The molecule has 2 amide bonds. The van der Waals surface area contributed by atoms with Crippen molar-refractivity contribution in [3.05, 3.63) is 23.7 Å². The average molecular weight is 321 g/mol. The summed E-state index contributed by atoms with van der Waals surface area (Å²) >= 11 is 0. The number of anilines is 1. The molecule has 1 fully saturated rings. The van der Waals surface area contributed by atoms with Crippen LogP contribution in [-0.2, 0) is 4.74 Å². The van der Waals surface area contributed by atoms with E-state index in [1.807, 2.05) is 19.1 Å². The lowest BCUT2D eigenvalue weighted by Gasteiger charge is -2.33. The zero-order valence-electron chi connectivity index (χ0n) is 12.8. The molecule has 0 radical (unpaired) electrons. The number of morpholine rings is 1. The number of urea groups is 1. The summed E-state index contributed by atoms with van der Waals surface area (Å²) in [4.78, 5) is 14.1. The van der Waals surface area contributed by atoms with Gasteiger partial charge in [0.25, 0.3) is 5.95 Å². The van der Waals surface area contributed by atoms with Gasteiger partial charge in [-0.2, -0.15) is 5.21 Å². The van der Waals surface area contributed by atoms with Gasteiger partial charge in [0.1, 0.15) is 11.5 Å². The molecule has 0 unspecified atom stereocenters. The van der Waals surface area contributed by atoms with E-state index in [-0.39, 0.29) is 12.0 Å². The fourth-order valence-electron chi connectivity index (χ4n) is 2.48. The maximum atomic E-state index is 11.9. The van der Waals surface area contributed by atoms with E-state index in [0.717, 1.165) is 24.6 Å². The third-order valence-electron chi connectivity index (χ3n) is 3.60. The number of aromatic nitrogens is 4. The molecule has 1 aliphatic heterocycles. The summed E-state index contributed by atoms with van der Waals surface area (Å²) in [5.74, 6) is 1.79. The highest BCUT2D eigenvalue weighted by Gasteiger charge is 2.25. The number of furan rings is 1. The van der Waals surface area contributed by atoms with Crippen molar-refractivity contribution >= 4 is 12.0 Å². The van der Waals surface area contributed by atoms with Gasteiger partial charge >= 0.3 is 6.03 Å². The van der Waals surface area contributed by atoms with Crippen molar-refractivity contribution in [2.75, 3.05) is 38.2 Å². The molecule has 2 aromatic rings. The molecule has 23 heavy (non-hydrogen) atoms. The summed E-state index contributed by atoms with van der Waals surface area (Å²) < 4.78 is 11.1. The van der Waals surface area contributed by atoms with Crippen molar-refractivity contribution in [3.63, 3.8) is 0 Å². The first-order chi connectivity index (χ1) is 11.2. The van der Waals surface area contributed by atoms with Gasteiger partial charge in [-0.1, -0.05) is 5.10 Å². The first kappa shape index (κ1) is 15.4. The molecule has 10 nitrogen and oxygen atoms in total. The minimum absolute atomic E-state index is 0.0522. The number of nitrogens with one attached hydrogen (secondary N) is 3. The van der Waals surface area contributed by atoms with E-state index >= 15 is 0 Å². The molecule has 1 atom stereocenters. The molecular formula is C13H19N7O3. The van der Waals surface area contributed by atoms with E-state index in [4.69, 9.17) is 9.15 Å². The Hall–Kier alpha value is -2.46. The minimum Gasteiger partial charge on any atom is -0.465 e. The molecular weight excluding hydrogens is 302 g/mol. The number of tetrazole rings is 1. The van der Waals surface area contributed by atoms with E-state index in [0.29, 0.717) is 19.8 Å². The second kappa shape index (κ2) is 7.20. The predicted octanol–water partition coefficient (Wildman–Crippen LogP) is 0.296. The fraction of sp³-hybridized carbons (Fsp3) is 0.538. The standard InChI is InChI=1S/C13H19N7O3/c1-9-2-3-11(23-9)10(20-4-6-22-7-5-20)8-14-13(21)15-12-16-18-19-17-12/h2-3,10H,4-8H2,1H3,(H3,14,15,16,17,18,19,21)/t10-/m0/s1. The number of hydrogen-bond donors (Lipinski definition) is 3. The smallest absolute Gasteiger partial charge is 0.321 e. The number of amides is 2. The van der Waals surface area contributed by atoms with Gasteiger partial charge in [0.2, 0.25) is 0 Å². The Morgan fingerprint density at radius 1 is 1.43 bits per heavy atom. The third-order valence-corrected chi connectivity index (χ3v) is 3.60. The lowest BCUT2D eigenvalue weighted by Crippen LogP contribution is -2.44. The van der Waals surface area contributed by atoms with Crippen LogP contribution in [0.2, 0.25) is 0 Å². The zero-order valence-corrected chi connectivity index (χ0v) is 12.8. The number of aryl methyl sites for hydroxylation is 1. The molecule has 10 heteroatoms. The van der Waals surface area contributed by atoms with Crippen LogP contribution in [-0.4, -0.2) is 64.4 Å². The summed E-state index contributed by atoms with van der Waals surface area (Å²) in [6, 6.07) is 3.41. The van der Waals surface area contributed by atoms with E-state index in [1.165, 1.54) is 0 Å². The van der Waals surface area contributed by atoms with Gasteiger partial charge in [0.15, 0.2) is 0 Å². The van der Waals surface area contributed by atoms with Crippen LogP contribution in [0.5, 0.6) is 0 Å². The lowest BCUT2D eigenvalue weighted by molar-refractivity contribution is 0.0122. The van der Waals surface area contributed by atoms with Crippen LogP contribution in [0.25, 0.3) is 0 Å². The summed E-state index contributed by atoms with van der Waals surface area (Å²) in [5.41, 5.74) is 0. The molecule has 1 saturated heterocycles. The van der Waals surface area contributed by atoms with Crippen molar-refractivity contribution in [1.29, 1.82) is 0 Å². The minimum atomic E-state index is -0.395. The van der Waals surface area contributed by atoms with Gasteiger partial charge < -0.3 is 14.5 Å². The van der Waals surface area contributed by atoms with Gasteiger partial charge in [-0.05, 0) is 24.3 Å². The monoisotopic (exact) mass is 321 g/mol. The number of rotatable bonds is 5. The van der Waals surface area contributed by atoms with E-state index in [2.05, 4.69) is 36.2 Å². The Morgan fingerprint density at radius 3 is 2.91 bits per heavy atom. The normalized spacial score (nSPS) is 16.9. The topological polar surface area (TPSA) is 121 Å². The fourth-order valence-corrected chi connectivity index (χ4v) is 2.48. The summed E-state index contributed by atoms with van der Waals surface area (Å²) in [5, 5.41) is 18.3. The van der Waals surface area contributed by atoms with Gasteiger partial charge in [0, 0.05) is 19.6 Å². The second-order valence-electron chi connectivity index (χ2n) is 5.18. The number of carbonyl (C=O) groups is 1. The van der Waals surface area contributed by atoms with Crippen molar-refractivity contribution < 1.29 is 13.9 Å². The van der Waals surface area contributed by atoms with Crippen molar-refractivity contribution in [2.45, 2.75) is 13.0 Å². The van der Waals surface area contributed by atoms with Crippen LogP contribution < -0.4 is 10.6 Å². The number of ether oxygens (including phenoxy) is 1. The predicted molar refractivity (Wildman–Crippen MR) is 79.8 cm³/mol. The Morgan fingerprint density at radius 2 is 2.26 bits per heavy atom. The van der Waals surface area contributed by atoms with Crippen LogP contribution in [0, 0.1) is 6.92 Å². The maximum Gasteiger partial charge on any atom is 0.321 e. The first-order valence-electron chi connectivity index (χ1n) is 7.39. The molecule has 3 rings (SSSR count). The van der Waals surface area contributed by atoms with Crippen LogP contribution in [0.1, 0.15) is 17.6 Å². The van der Waals surface area contributed by atoms with Crippen LogP contribution in [0.15, 0.2) is 16.5 Å². The number of H-pyrrole nitrogens is 1. The number of hydrogen-bond acceptors (Lipinski definition) is 7. The number of nitrogens with zero attached hydrogens (tertiary/aromatic N) is 4. The SMILES string of the molecule is Cc1ccc([C@H](CNC(=O)Nc2nn[nH]n2)N2CCOCC2)o1. The van der Waals surface area contributed by atoms with Crippen LogP contribution >= 0.6 is 0 Å². The second-order valence-corrected chi connectivity index (χ2v) is 5.18. The molecule has 1 aliphatic rings. The van der Waals surface area contributed by atoms with Gasteiger partial charge in [-0.15, -0.1) is 5.10 Å². The lowest BCUT2D eigenvalue weighted by atomic mass is 10.1. The van der Waals surface area contributed by atoms with E-state index in [1.54, 1.807) is 0 Å². The molecule has 0 aromatic carbocycles. The molecule has 2 aromatic heterocycles. The first-order valence-corrected chi connectivity index (χ1v) is 7.39. The number of carbonyl (C=O) groups excluding carboxylic acids is 1. The van der Waals surface area contributed by atoms with Crippen molar-refractivity contribution in [3.8, 4) is 0 Å². The number of aromatic amines is 1. The molecule has 0 aliphatic carbocycles. The Labute approximate surface area is 132 Å². The molecule has 0 saturated carbocycles. The van der Waals surface area contributed by atoms with Gasteiger partial charge in [-0.25, -0.2) is 4.79 Å². The van der Waals surface area contributed by atoms with Crippen molar-refractivity contribution in [2.24, 2.45) is 0 Å². The summed E-state index contributed by atoms with van der Waals surface area (Å²) in [6.07, 6.45) is 0. The maximum absolute atomic E-state index is 11.9. The highest BCUT2D eigenvalue weighted by atomic mass is 16.5. The van der Waals surface area contributed by atoms with E-state index in [9.17, 15) is 4.79 Å². The highest BCUT2D eigenvalue weighted by Crippen LogP contribution is 2.23. The Bertz CT molecular complexity index is 621. The quantitative estimate of drug-likeness (QED) is 0.724. The van der Waals surface area contributed by atoms with Crippen LogP contribution in [0.4, 0.5) is 10.7 Å². The third kappa shape index (κ3) is 4.05. The highest BCUT2D eigenvalue weighted by molar-refractivity contribution is 5.87. The van der Waals surface area contributed by atoms with Crippen molar-refractivity contribution in [1.82, 2.24) is 30.8 Å². The van der Waals surface area contributed by atoms with E-state index < -0.39 is 6.03 Å². The molecule has 0 bridgehead atoms. The Balaban J connectivity index is 1.62. The van der Waals surface area contributed by atoms with Gasteiger partial charge in [-0.3, -0.25) is 10.2 Å².